The molecule has 1 N–H and O–H groups in total. The molecule has 0 saturated carbocycles. The molecule has 0 bridgehead atoms. The van der Waals surface area contributed by atoms with E-state index in [-0.39, 0.29) is 5.91 Å². The van der Waals surface area contributed by atoms with Gasteiger partial charge in [-0.3, -0.25) is 14.8 Å². The highest BCUT2D eigenvalue weighted by Gasteiger charge is 2.25. The zero-order chi connectivity index (χ0) is 20.2. The van der Waals surface area contributed by atoms with Gasteiger partial charge in [-0.25, -0.2) is 0 Å². The van der Waals surface area contributed by atoms with Gasteiger partial charge in [0.2, 0.25) is 5.91 Å². The molecule has 150 valence electrons. The van der Waals surface area contributed by atoms with Crippen LogP contribution < -0.4 is 0 Å². The third-order valence-electron chi connectivity index (χ3n) is 5.75. The highest BCUT2D eigenvalue weighted by atomic mass is 16.2. The van der Waals surface area contributed by atoms with Crippen LogP contribution in [0.15, 0.2) is 54.6 Å². The largest absolute Gasteiger partial charge is 0.342 e. The molecule has 1 aliphatic rings. The molecule has 0 saturated heterocycles. The Morgan fingerprint density at radius 3 is 2.34 bits per heavy atom. The second kappa shape index (κ2) is 8.62. The van der Waals surface area contributed by atoms with E-state index in [2.05, 4.69) is 63.6 Å². The first-order valence-electron chi connectivity index (χ1n) is 10.4. The number of aromatic nitrogens is 2. The molecule has 1 aliphatic heterocycles. The molecular weight excluding hydrogens is 360 g/mol. The van der Waals surface area contributed by atoms with Crippen molar-refractivity contribution < 1.29 is 4.79 Å². The molecule has 5 heteroatoms. The molecule has 3 aromatic rings. The Kier molecular flexibility index (Phi) is 5.76. The topological polar surface area (TPSA) is 52.2 Å². The van der Waals surface area contributed by atoms with Crippen molar-refractivity contribution >= 4 is 5.91 Å². The summed E-state index contributed by atoms with van der Waals surface area (Å²) in [6, 6.07) is 19.0. The van der Waals surface area contributed by atoms with E-state index in [1.54, 1.807) is 0 Å². The van der Waals surface area contributed by atoms with Gasteiger partial charge in [-0.2, -0.15) is 5.10 Å². The third kappa shape index (κ3) is 4.10. The van der Waals surface area contributed by atoms with Gasteiger partial charge in [0.1, 0.15) is 0 Å². The van der Waals surface area contributed by atoms with Crippen LogP contribution in [0.4, 0.5) is 0 Å². The number of nitrogens with one attached hydrogen (secondary N) is 1. The number of rotatable bonds is 6. The first-order chi connectivity index (χ1) is 14.2. The molecule has 29 heavy (non-hydrogen) atoms. The molecule has 5 nitrogen and oxygen atoms in total. The maximum Gasteiger partial charge on any atom is 0.236 e. The number of fused-ring (bicyclic) bond motifs is 1. The lowest BCUT2D eigenvalue weighted by atomic mass is 9.98. The van der Waals surface area contributed by atoms with Crippen molar-refractivity contribution in [1.82, 2.24) is 20.0 Å². The van der Waals surface area contributed by atoms with E-state index in [4.69, 9.17) is 0 Å². The predicted octanol–water partition coefficient (Wildman–Crippen LogP) is 3.97. The lowest BCUT2D eigenvalue weighted by Gasteiger charge is -2.29. The Hall–Kier alpha value is -2.92. The van der Waals surface area contributed by atoms with Gasteiger partial charge in [-0.15, -0.1) is 0 Å². The molecule has 2 aromatic carbocycles. The smallest absolute Gasteiger partial charge is 0.236 e. The van der Waals surface area contributed by atoms with Crippen molar-refractivity contribution in [3.8, 4) is 22.4 Å². The van der Waals surface area contributed by atoms with Crippen LogP contribution in [0.2, 0.25) is 0 Å². The second-order valence-electron chi connectivity index (χ2n) is 7.50. The van der Waals surface area contributed by atoms with E-state index in [0.29, 0.717) is 6.54 Å². The van der Waals surface area contributed by atoms with Crippen LogP contribution in [0.25, 0.3) is 22.4 Å². The zero-order valence-electron chi connectivity index (χ0n) is 17.2. The average Bonchev–Trinajstić information content (AvgIpc) is 3.18. The number of carbonyl (C=O) groups is 1. The van der Waals surface area contributed by atoms with Crippen LogP contribution in [-0.4, -0.2) is 52.1 Å². The van der Waals surface area contributed by atoms with Crippen molar-refractivity contribution in [2.45, 2.75) is 26.8 Å². The fraction of sp³-hybridized carbons (Fsp3) is 0.333. The normalized spacial score (nSPS) is 13.9. The lowest BCUT2D eigenvalue weighted by Crippen LogP contribution is -2.42. The Labute approximate surface area is 172 Å². The molecule has 0 fully saturated rings. The monoisotopic (exact) mass is 388 g/mol. The van der Waals surface area contributed by atoms with Gasteiger partial charge in [0.15, 0.2) is 0 Å². The summed E-state index contributed by atoms with van der Waals surface area (Å²) >= 11 is 0. The fourth-order valence-corrected chi connectivity index (χ4v) is 4.04. The summed E-state index contributed by atoms with van der Waals surface area (Å²) in [5, 5.41) is 7.82. The van der Waals surface area contributed by atoms with Crippen LogP contribution in [0, 0.1) is 0 Å². The second-order valence-corrected chi connectivity index (χ2v) is 7.50. The average molecular weight is 389 g/mol. The number of likely N-dealkylation sites (N-methyl/N-ethyl adjacent to an activating group) is 1. The van der Waals surface area contributed by atoms with Gasteiger partial charge in [0, 0.05) is 49.4 Å². The molecule has 2 heterocycles. The Morgan fingerprint density at radius 2 is 1.66 bits per heavy atom. The highest BCUT2D eigenvalue weighted by Crippen LogP contribution is 2.30. The van der Waals surface area contributed by atoms with Crippen LogP contribution in [0.1, 0.15) is 25.1 Å². The van der Waals surface area contributed by atoms with Gasteiger partial charge in [0.05, 0.1) is 12.2 Å². The van der Waals surface area contributed by atoms with E-state index in [0.717, 1.165) is 43.9 Å². The van der Waals surface area contributed by atoms with E-state index < -0.39 is 0 Å². The minimum Gasteiger partial charge on any atom is -0.342 e. The van der Waals surface area contributed by atoms with Crippen molar-refractivity contribution in [2.75, 3.05) is 26.2 Å². The number of H-pyrrole nitrogens is 1. The van der Waals surface area contributed by atoms with Crippen LogP contribution in [-0.2, 0) is 17.8 Å². The molecule has 1 aromatic heterocycles. The summed E-state index contributed by atoms with van der Waals surface area (Å²) < 4.78 is 0. The van der Waals surface area contributed by atoms with Crippen molar-refractivity contribution in [3.05, 3.63) is 65.9 Å². The lowest BCUT2D eigenvalue weighted by molar-refractivity contribution is -0.132. The molecule has 1 amide bonds. The van der Waals surface area contributed by atoms with E-state index >= 15 is 0 Å². The van der Waals surface area contributed by atoms with Gasteiger partial charge < -0.3 is 4.90 Å². The Bertz CT molecular complexity index is 958. The number of benzene rings is 2. The van der Waals surface area contributed by atoms with Gasteiger partial charge >= 0.3 is 0 Å². The van der Waals surface area contributed by atoms with Crippen molar-refractivity contribution in [2.24, 2.45) is 0 Å². The SMILES string of the molecule is CCN(CC)C(=O)CN1CCc2[nH]nc(-c3ccc(-c4ccccc4)cc3)c2C1. The maximum atomic E-state index is 12.5. The summed E-state index contributed by atoms with van der Waals surface area (Å²) in [7, 11) is 0. The Balaban J connectivity index is 1.52. The van der Waals surface area contributed by atoms with Crippen LogP contribution >= 0.6 is 0 Å². The van der Waals surface area contributed by atoms with E-state index in [1.807, 2.05) is 24.8 Å². The summed E-state index contributed by atoms with van der Waals surface area (Å²) in [5.74, 6) is 0.204. The number of nitrogens with zero attached hydrogens (tertiary/aromatic N) is 3. The van der Waals surface area contributed by atoms with Crippen molar-refractivity contribution in [1.29, 1.82) is 0 Å². The summed E-state index contributed by atoms with van der Waals surface area (Å²) in [5.41, 5.74) is 6.93. The number of aromatic amines is 1. The van der Waals surface area contributed by atoms with Crippen molar-refractivity contribution in [3.63, 3.8) is 0 Å². The van der Waals surface area contributed by atoms with E-state index in [9.17, 15) is 4.79 Å². The van der Waals surface area contributed by atoms with Crippen LogP contribution in [0.3, 0.4) is 0 Å². The summed E-state index contributed by atoms with van der Waals surface area (Å²) in [4.78, 5) is 16.6. The number of carbonyl (C=O) groups excluding carboxylic acids is 1. The number of hydrogen-bond donors (Lipinski definition) is 1. The summed E-state index contributed by atoms with van der Waals surface area (Å²) in [6.45, 7) is 7.70. The molecule has 0 radical (unpaired) electrons. The molecular formula is C24H28N4O. The van der Waals surface area contributed by atoms with E-state index in [1.165, 1.54) is 22.4 Å². The highest BCUT2D eigenvalue weighted by molar-refractivity contribution is 5.78. The Morgan fingerprint density at radius 1 is 1.00 bits per heavy atom. The fourth-order valence-electron chi connectivity index (χ4n) is 4.04. The van der Waals surface area contributed by atoms with Gasteiger partial charge in [0.25, 0.3) is 0 Å². The zero-order valence-corrected chi connectivity index (χ0v) is 17.2. The standard InChI is InChI=1S/C24H28N4O/c1-3-28(4-2)23(29)17-27-15-14-22-21(16-27)24(26-25-22)20-12-10-19(11-13-20)18-8-6-5-7-9-18/h5-13H,3-4,14-17H2,1-2H3,(H,25,26). The molecule has 4 rings (SSSR count). The third-order valence-corrected chi connectivity index (χ3v) is 5.75. The molecule has 0 spiro atoms. The predicted molar refractivity (Wildman–Crippen MR) is 116 cm³/mol. The number of amides is 1. The minimum absolute atomic E-state index is 0.204. The van der Waals surface area contributed by atoms with Gasteiger partial charge in [-0.1, -0.05) is 54.6 Å². The van der Waals surface area contributed by atoms with Crippen LogP contribution in [0.5, 0.6) is 0 Å². The summed E-state index contributed by atoms with van der Waals surface area (Å²) in [6.07, 6.45) is 0.899. The quantitative estimate of drug-likeness (QED) is 0.695. The molecule has 0 unspecified atom stereocenters. The number of hydrogen-bond acceptors (Lipinski definition) is 3. The molecule has 0 atom stereocenters. The molecule has 0 aliphatic carbocycles. The van der Waals surface area contributed by atoms with Gasteiger partial charge in [-0.05, 0) is 25.0 Å². The maximum absolute atomic E-state index is 12.5. The first kappa shape index (κ1) is 19.4. The minimum atomic E-state index is 0.204. The first-order valence-corrected chi connectivity index (χ1v) is 10.4.